The summed E-state index contributed by atoms with van der Waals surface area (Å²) in [5.74, 6) is 0.515. The number of nitrogens with zero attached hydrogens (tertiary/aromatic N) is 3. The number of nitrogens with two attached hydrogens (primary N) is 2. The number of aliphatic imine (C=N–C) groups is 1. The van der Waals surface area contributed by atoms with Crippen LogP contribution in [-0.4, -0.2) is 30.1 Å². The SMILES string of the molecule is [C-]#[N+]c1c(C(=NC)/C(=C\N)c2ccc3c(=O)[nH]nc(CN)c3c2)c(OC)cc2ccccc12. The van der Waals surface area contributed by atoms with Gasteiger partial charge in [-0.25, -0.2) is 9.94 Å². The molecule has 0 aliphatic rings. The molecule has 0 aliphatic carbocycles. The van der Waals surface area contributed by atoms with Gasteiger partial charge in [0.25, 0.3) is 5.56 Å². The number of hydrogen-bond acceptors (Lipinski definition) is 6. The normalized spacial score (nSPS) is 12.2. The van der Waals surface area contributed by atoms with E-state index < -0.39 is 0 Å². The number of rotatable bonds is 5. The summed E-state index contributed by atoms with van der Waals surface area (Å²) in [6, 6.07) is 14.8. The lowest BCUT2D eigenvalue weighted by Crippen LogP contribution is -2.14. The molecule has 1 heterocycles. The van der Waals surface area contributed by atoms with Crippen molar-refractivity contribution >= 4 is 38.5 Å². The number of fused-ring (bicyclic) bond motifs is 2. The number of aromatic amines is 1. The Morgan fingerprint density at radius 2 is 2.00 bits per heavy atom. The van der Waals surface area contributed by atoms with E-state index in [1.165, 1.54) is 6.20 Å². The van der Waals surface area contributed by atoms with E-state index in [9.17, 15) is 4.79 Å². The molecule has 3 aromatic carbocycles. The number of nitrogens with one attached hydrogen (secondary N) is 1. The Balaban J connectivity index is 1.99. The van der Waals surface area contributed by atoms with Crippen LogP contribution in [0.5, 0.6) is 5.75 Å². The van der Waals surface area contributed by atoms with E-state index in [1.807, 2.05) is 36.4 Å². The summed E-state index contributed by atoms with van der Waals surface area (Å²) in [5.41, 5.74) is 14.9. The highest BCUT2D eigenvalue weighted by Gasteiger charge is 2.23. The van der Waals surface area contributed by atoms with Crippen molar-refractivity contribution in [2.75, 3.05) is 14.2 Å². The Bertz CT molecular complexity index is 1540. The predicted molar refractivity (Wildman–Crippen MR) is 132 cm³/mol. The summed E-state index contributed by atoms with van der Waals surface area (Å²) >= 11 is 0. The van der Waals surface area contributed by atoms with Crippen molar-refractivity contribution in [3.63, 3.8) is 0 Å². The van der Waals surface area contributed by atoms with Gasteiger partial charge in [-0.1, -0.05) is 30.3 Å². The molecule has 0 atom stereocenters. The summed E-state index contributed by atoms with van der Waals surface area (Å²) < 4.78 is 5.67. The molecule has 0 spiro atoms. The second-order valence-corrected chi connectivity index (χ2v) is 7.25. The van der Waals surface area contributed by atoms with Crippen molar-refractivity contribution in [3.8, 4) is 5.75 Å². The summed E-state index contributed by atoms with van der Waals surface area (Å²) in [7, 11) is 3.20. The first-order valence-electron chi connectivity index (χ1n) is 10.2. The maximum atomic E-state index is 12.2. The van der Waals surface area contributed by atoms with Crippen LogP contribution in [0.15, 0.2) is 64.5 Å². The van der Waals surface area contributed by atoms with Crippen LogP contribution in [0.3, 0.4) is 0 Å². The van der Waals surface area contributed by atoms with Crippen LogP contribution in [-0.2, 0) is 6.54 Å². The van der Waals surface area contributed by atoms with Gasteiger partial charge in [-0.3, -0.25) is 9.79 Å². The smallest absolute Gasteiger partial charge is 0.272 e. The first-order valence-corrected chi connectivity index (χ1v) is 10.2. The molecule has 0 radical (unpaired) electrons. The molecule has 0 aliphatic heterocycles. The highest BCUT2D eigenvalue weighted by molar-refractivity contribution is 6.36. The maximum absolute atomic E-state index is 12.2. The van der Waals surface area contributed by atoms with Crippen molar-refractivity contribution in [3.05, 3.63) is 93.3 Å². The first kappa shape index (κ1) is 21.7. The van der Waals surface area contributed by atoms with Gasteiger partial charge >= 0.3 is 0 Å². The van der Waals surface area contributed by atoms with Crippen molar-refractivity contribution < 1.29 is 4.74 Å². The van der Waals surface area contributed by atoms with Gasteiger partial charge in [0.05, 0.1) is 30.5 Å². The van der Waals surface area contributed by atoms with E-state index in [1.54, 1.807) is 26.3 Å². The zero-order chi connectivity index (χ0) is 23.5. The van der Waals surface area contributed by atoms with E-state index in [0.29, 0.717) is 50.3 Å². The van der Waals surface area contributed by atoms with Crippen molar-refractivity contribution in [1.82, 2.24) is 10.2 Å². The van der Waals surface area contributed by atoms with Crippen LogP contribution < -0.4 is 21.8 Å². The number of benzene rings is 3. The third-order valence-electron chi connectivity index (χ3n) is 5.57. The molecule has 0 amide bonds. The molecule has 8 heteroatoms. The molecule has 0 saturated heterocycles. The molecular weight excluding hydrogens is 416 g/mol. The van der Waals surface area contributed by atoms with E-state index in [4.69, 9.17) is 22.8 Å². The second kappa shape index (κ2) is 8.94. The molecule has 5 N–H and O–H groups in total. The molecule has 0 unspecified atom stereocenters. The maximum Gasteiger partial charge on any atom is 0.272 e. The Kier molecular flexibility index (Phi) is 5.89. The number of allylic oxidation sites excluding steroid dienone is 1. The number of methoxy groups -OCH3 is 1. The summed E-state index contributed by atoms with van der Waals surface area (Å²) in [6.07, 6.45) is 1.44. The molecule has 4 rings (SSSR count). The van der Waals surface area contributed by atoms with Crippen LogP contribution in [0.4, 0.5) is 5.69 Å². The lowest BCUT2D eigenvalue weighted by molar-refractivity contribution is 0.415. The molecule has 0 fully saturated rings. The minimum atomic E-state index is -0.303. The van der Waals surface area contributed by atoms with E-state index in [0.717, 1.165) is 10.8 Å². The van der Waals surface area contributed by atoms with Crippen molar-refractivity contribution in [2.45, 2.75) is 6.54 Å². The highest BCUT2D eigenvalue weighted by atomic mass is 16.5. The summed E-state index contributed by atoms with van der Waals surface area (Å²) in [6.45, 7) is 8.06. The Hall–Kier alpha value is -4.48. The minimum absolute atomic E-state index is 0.160. The van der Waals surface area contributed by atoms with Crippen molar-refractivity contribution in [1.29, 1.82) is 0 Å². The van der Waals surface area contributed by atoms with Crippen LogP contribution in [0.2, 0.25) is 0 Å². The Morgan fingerprint density at radius 1 is 1.21 bits per heavy atom. The van der Waals surface area contributed by atoms with E-state index in [2.05, 4.69) is 20.0 Å². The Labute approximate surface area is 190 Å². The zero-order valence-corrected chi connectivity index (χ0v) is 18.2. The fraction of sp³-hybridized carbons (Fsp3) is 0.120. The highest BCUT2D eigenvalue weighted by Crippen LogP contribution is 2.40. The van der Waals surface area contributed by atoms with Crippen LogP contribution >= 0.6 is 0 Å². The molecular formula is C25H22N6O2. The quantitative estimate of drug-likeness (QED) is 0.325. The van der Waals surface area contributed by atoms with Gasteiger partial charge < -0.3 is 16.2 Å². The average Bonchev–Trinajstić information content (AvgIpc) is 2.86. The number of hydrogen-bond donors (Lipinski definition) is 3. The first-order chi connectivity index (χ1) is 16.1. The standard InChI is InChI=1S/C25H22N6O2/c1-28-23-16-7-5-4-6-14(16)11-21(33-3)22(23)24(29-2)19(12-26)15-8-9-17-18(10-15)20(13-27)30-31-25(17)32/h4-12H,13,26-27H2,2-3H3,(H,31,32)/b19-12-,29-24?. The fourth-order valence-electron chi connectivity index (χ4n) is 4.03. The average molecular weight is 438 g/mol. The third-order valence-corrected chi connectivity index (χ3v) is 5.57. The van der Waals surface area contributed by atoms with E-state index in [-0.39, 0.29) is 12.1 Å². The Morgan fingerprint density at radius 3 is 2.67 bits per heavy atom. The van der Waals surface area contributed by atoms with Gasteiger partial charge in [0.1, 0.15) is 5.75 Å². The van der Waals surface area contributed by atoms with Gasteiger partial charge in [-0.05, 0) is 34.5 Å². The molecule has 33 heavy (non-hydrogen) atoms. The van der Waals surface area contributed by atoms with Gasteiger partial charge in [0.15, 0.2) is 0 Å². The molecule has 0 bridgehead atoms. The number of ether oxygens (including phenoxy) is 1. The summed E-state index contributed by atoms with van der Waals surface area (Å²) in [4.78, 5) is 20.6. The summed E-state index contributed by atoms with van der Waals surface area (Å²) in [5, 5.41) is 9.31. The van der Waals surface area contributed by atoms with Crippen LogP contribution in [0.1, 0.15) is 16.8 Å². The number of aromatic nitrogens is 2. The van der Waals surface area contributed by atoms with E-state index >= 15 is 0 Å². The van der Waals surface area contributed by atoms with Crippen LogP contribution in [0.25, 0.3) is 32.0 Å². The molecule has 4 aromatic rings. The second-order valence-electron chi connectivity index (χ2n) is 7.25. The van der Waals surface area contributed by atoms with Gasteiger partial charge in [-0.15, -0.1) is 0 Å². The zero-order valence-electron chi connectivity index (χ0n) is 18.2. The number of H-pyrrole nitrogens is 1. The van der Waals surface area contributed by atoms with Crippen molar-refractivity contribution in [2.24, 2.45) is 16.5 Å². The minimum Gasteiger partial charge on any atom is -0.497 e. The monoisotopic (exact) mass is 438 g/mol. The largest absolute Gasteiger partial charge is 0.497 e. The molecule has 164 valence electrons. The van der Waals surface area contributed by atoms with Gasteiger partial charge in [-0.2, -0.15) is 5.10 Å². The van der Waals surface area contributed by atoms with Gasteiger partial charge in [0, 0.05) is 36.3 Å². The molecule has 8 nitrogen and oxygen atoms in total. The third kappa shape index (κ3) is 3.60. The molecule has 1 aromatic heterocycles. The fourth-order valence-corrected chi connectivity index (χ4v) is 4.03. The van der Waals surface area contributed by atoms with Crippen LogP contribution in [0, 0.1) is 6.57 Å². The predicted octanol–water partition coefficient (Wildman–Crippen LogP) is 3.51. The lowest BCUT2D eigenvalue weighted by Gasteiger charge is -2.18. The topological polar surface area (TPSA) is 124 Å². The van der Waals surface area contributed by atoms with Gasteiger partial charge in [0.2, 0.25) is 5.69 Å². The molecule has 0 saturated carbocycles. The lowest BCUT2D eigenvalue weighted by atomic mass is 9.91.